The summed E-state index contributed by atoms with van der Waals surface area (Å²) in [6.07, 6.45) is -1.27. The van der Waals surface area contributed by atoms with Crippen LogP contribution >= 0.6 is 0 Å². The lowest BCUT2D eigenvalue weighted by Crippen LogP contribution is -2.38. The van der Waals surface area contributed by atoms with Crippen LogP contribution in [0.5, 0.6) is 5.75 Å². The predicted molar refractivity (Wildman–Crippen MR) is 86.6 cm³/mol. The number of hydrogen-bond acceptors (Lipinski definition) is 4. The molecule has 1 aliphatic rings. The topological polar surface area (TPSA) is 55.6 Å². The summed E-state index contributed by atoms with van der Waals surface area (Å²) in [7, 11) is 0. The van der Waals surface area contributed by atoms with Gasteiger partial charge in [-0.3, -0.25) is 4.79 Å². The molecule has 26 heavy (non-hydrogen) atoms. The maximum Gasteiger partial charge on any atom is 0.416 e. The molecule has 0 aliphatic carbocycles. The molecule has 0 N–H and O–H groups in total. The molecule has 5 nitrogen and oxygen atoms in total. The van der Waals surface area contributed by atoms with E-state index < -0.39 is 11.7 Å². The second-order valence-electron chi connectivity index (χ2n) is 6.42. The number of benzene rings is 1. The molecule has 0 unspecified atom stereocenters. The van der Waals surface area contributed by atoms with Gasteiger partial charge in [-0.2, -0.15) is 13.2 Å². The van der Waals surface area contributed by atoms with Crippen LogP contribution in [0.15, 0.2) is 34.9 Å². The van der Waals surface area contributed by atoms with Crippen molar-refractivity contribution >= 4 is 5.91 Å². The third kappa shape index (κ3) is 4.36. The Kier molecular flexibility index (Phi) is 5.20. The molecule has 1 saturated heterocycles. The van der Waals surface area contributed by atoms with E-state index in [1.54, 1.807) is 4.90 Å². The molecule has 0 radical (unpaired) electrons. The van der Waals surface area contributed by atoms with Gasteiger partial charge in [-0.15, -0.1) is 0 Å². The van der Waals surface area contributed by atoms with Crippen molar-refractivity contribution in [2.24, 2.45) is 5.92 Å². The summed E-state index contributed by atoms with van der Waals surface area (Å²) < 4.78 is 48.6. The van der Waals surface area contributed by atoms with Crippen LogP contribution in [0.2, 0.25) is 0 Å². The van der Waals surface area contributed by atoms with Crippen LogP contribution in [-0.2, 0) is 12.8 Å². The summed E-state index contributed by atoms with van der Waals surface area (Å²) in [5.41, 5.74) is -0.611. The van der Waals surface area contributed by atoms with E-state index in [9.17, 15) is 18.0 Å². The lowest BCUT2D eigenvalue weighted by Gasteiger charge is -2.29. The molecule has 2 heterocycles. The van der Waals surface area contributed by atoms with Gasteiger partial charge in [0.25, 0.3) is 5.91 Å². The highest BCUT2D eigenvalue weighted by atomic mass is 19.4. The standard InChI is InChI=1S/C18H19F3N2O3/c1-12-5-7-23(8-6-12)17(24)15-10-26-16(22-15)11-25-14-4-2-3-13(9-14)18(19,20)21/h2-4,9-10,12H,5-8,11H2,1H3. The fraction of sp³-hybridized carbons (Fsp3) is 0.444. The van der Waals surface area contributed by atoms with Gasteiger partial charge in [-0.05, 0) is 37.0 Å². The molecule has 1 amide bonds. The van der Waals surface area contributed by atoms with Crippen molar-refractivity contribution in [2.75, 3.05) is 13.1 Å². The lowest BCUT2D eigenvalue weighted by molar-refractivity contribution is -0.137. The molecule has 1 fully saturated rings. The molecule has 140 valence electrons. The molecule has 0 spiro atoms. The Morgan fingerprint density at radius 1 is 1.35 bits per heavy atom. The van der Waals surface area contributed by atoms with E-state index in [0.29, 0.717) is 19.0 Å². The number of alkyl halides is 3. The monoisotopic (exact) mass is 368 g/mol. The fourth-order valence-electron chi connectivity index (χ4n) is 2.76. The first-order valence-electron chi connectivity index (χ1n) is 8.36. The molecular weight excluding hydrogens is 349 g/mol. The van der Waals surface area contributed by atoms with Gasteiger partial charge in [-0.1, -0.05) is 13.0 Å². The second-order valence-corrected chi connectivity index (χ2v) is 6.42. The summed E-state index contributed by atoms with van der Waals surface area (Å²) in [6.45, 7) is 3.36. The number of oxazole rings is 1. The summed E-state index contributed by atoms with van der Waals surface area (Å²) >= 11 is 0. The fourth-order valence-corrected chi connectivity index (χ4v) is 2.76. The number of carbonyl (C=O) groups is 1. The molecule has 2 aromatic rings. The Bertz CT molecular complexity index is 765. The number of halogens is 3. The van der Waals surface area contributed by atoms with Crippen LogP contribution in [-0.4, -0.2) is 28.9 Å². The van der Waals surface area contributed by atoms with Crippen molar-refractivity contribution in [2.45, 2.75) is 32.5 Å². The largest absolute Gasteiger partial charge is 0.484 e. The number of carbonyl (C=O) groups excluding carboxylic acids is 1. The lowest BCUT2D eigenvalue weighted by atomic mass is 9.99. The van der Waals surface area contributed by atoms with E-state index in [-0.39, 0.29) is 29.8 Å². The Morgan fingerprint density at radius 3 is 2.77 bits per heavy atom. The van der Waals surface area contributed by atoms with Crippen LogP contribution in [0.25, 0.3) is 0 Å². The van der Waals surface area contributed by atoms with Gasteiger partial charge in [0.1, 0.15) is 12.0 Å². The predicted octanol–water partition coefficient (Wildman–Crippen LogP) is 4.14. The van der Waals surface area contributed by atoms with Crippen molar-refractivity contribution in [1.29, 1.82) is 0 Å². The molecule has 1 aromatic heterocycles. The van der Waals surface area contributed by atoms with E-state index in [1.165, 1.54) is 18.4 Å². The minimum atomic E-state index is -4.44. The molecule has 1 aliphatic heterocycles. The van der Waals surface area contributed by atoms with Gasteiger partial charge in [0.15, 0.2) is 12.3 Å². The van der Waals surface area contributed by atoms with Crippen LogP contribution in [0.3, 0.4) is 0 Å². The number of ether oxygens (including phenoxy) is 1. The molecule has 3 rings (SSSR count). The van der Waals surface area contributed by atoms with Gasteiger partial charge in [0, 0.05) is 13.1 Å². The quantitative estimate of drug-likeness (QED) is 0.814. The summed E-state index contributed by atoms with van der Waals surface area (Å²) in [4.78, 5) is 18.2. The van der Waals surface area contributed by atoms with Crippen LogP contribution < -0.4 is 4.74 Å². The number of hydrogen-bond donors (Lipinski definition) is 0. The van der Waals surface area contributed by atoms with Gasteiger partial charge >= 0.3 is 6.18 Å². The molecule has 0 atom stereocenters. The van der Waals surface area contributed by atoms with Gasteiger partial charge in [0.2, 0.25) is 5.89 Å². The van der Waals surface area contributed by atoms with Crippen molar-refractivity contribution in [3.63, 3.8) is 0 Å². The number of likely N-dealkylation sites (tertiary alicyclic amines) is 1. The van der Waals surface area contributed by atoms with Crippen molar-refractivity contribution in [3.05, 3.63) is 47.7 Å². The molecule has 1 aromatic carbocycles. The number of amides is 1. The smallest absolute Gasteiger partial charge is 0.416 e. The highest BCUT2D eigenvalue weighted by Gasteiger charge is 2.30. The molecular formula is C18H19F3N2O3. The van der Waals surface area contributed by atoms with Crippen LogP contribution in [0.4, 0.5) is 13.2 Å². The zero-order valence-corrected chi connectivity index (χ0v) is 14.3. The first-order chi connectivity index (χ1) is 12.3. The van der Waals surface area contributed by atoms with Crippen molar-refractivity contribution in [1.82, 2.24) is 9.88 Å². The van der Waals surface area contributed by atoms with Crippen LogP contribution in [0, 0.1) is 5.92 Å². The Hall–Kier alpha value is -2.51. The zero-order valence-electron chi connectivity index (χ0n) is 14.3. The normalized spacial score (nSPS) is 15.9. The SMILES string of the molecule is CC1CCN(C(=O)c2coc(COc3cccc(C(F)(F)F)c3)n2)CC1. The molecule has 8 heteroatoms. The van der Waals surface area contributed by atoms with Gasteiger partial charge < -0.3 is 14.1 Å². The number of aromatic nitrogens is 1. The average molecular weight is 368 g/mol. The zero-order chi connectivity index (χ0) is 18.7. The number of rotatable bonds is 4. The molecule has 0 bridgehead atoms. The maximum atomic E-state index is 12.7. The van der Waals surface area contributed by atoms with E-state index in [4.69, 9.17) is 9.15 Å². The number of piperidine rings is 1. The molecule has 0 saturated carbocycles. The van der Waals surface area contributed by atoms with E-state index >= 15 is 0 Å². The van der Waals surface area contributed by atoms with Crippen LogP contribution in [0.1, 0.15) is 41.7 Å². The Balaban J connectivity index is 1.60. The van der Waals surface area contributed by atoms with E-state index in [0.717, 1.165) is 25.0 Å². The third-order valence-corrected chi connectivity index (χ3v) is 4.37. The highest BCUT2D eigenvalue weighted by molar-refractivity contribution is 5.92. The minimum Gasteiger partial charge on any atom is -0.484 e. The Labute approximate surface area is 148 Å². The average Bonchev–Trinajstić information content (AvgIpc) is 3.08. The first kappa shape index (κ1) is 18.3. The highest BCUT2D eigenvalue weighted by Crippen LogP contribution is 2.31. The summed E-state index contributed by atoms with van der Waals surface area (Å²) in [6, 6.07) is 4.55. The van der Waals surface area contributed by atoms with Gasteiger partial charge in [-0.25, -0.2) is 4.98 Å². The summed E-state index contributed by atoms with van der Waals surface area (Å²) in [5, 5.41) is 0. The van der Waals surface area contributed by atoms with E-state index in [1.807, 2.05) is 0 Å². The van der Waals surface area contributed by atoms with Crippen molar-refractivity contribution in [3.8, 4) is 5.75 Å². The minimum absolute atomic E-state index is 0.0518. The number of nitrogens with zero attached hydrogens (tertiary/aromatic N) is 2. The second kappa shape index (κ2) is 7.39. The maximum absolute atomic E-state index is 12.7. The summed E-state index contributed by atoms with van der Waals surface area (Å²) in [5.74, 6) is 0.589. The first-order valence-corrected chi connectivity index (χ1v) is 8.36. The van der Waals surface area contributed by atoms with E-state index in [2.05, 4.69) is 11.9 Å². The van der Waals surface area contributed by atoms with Gasteiger partial charge in [0.05, 0.1) is 5.56 Å². The third-order valence-electron chi connectivity index (χ3n) is 4.37. The van der Waals surface area contributed by atoms with Crippen molar-refractivity contribution < 1.29 is 27.1 Å². The Morgan fingerprint density at radius 2 is 2.08 bits per heavy atom.